The zero-order valence-corrected chi connectivity index (χ0v) is 13.0. The first-order chi connectivity index (χ1) is 8.39. The third kappa shape index (κ3) is 4.38. The zero-order chi connectivity index (χ0) is 13.8. The summed E-state index contributed by atoms with van der Waals surface area (Å²) >= 11 is 13.4. The molecule has 0 aliphatic heterocycles. The predicted molar refractivity (Wildman–Crippen MR) is 80.1 cm³/mol. The van der Waals surface area contributed by atoms with Gasteiger partial charge in [-0.25, -0.2) is 0 Å². The maximum Gasteiger partial charge on any atom is 0.252 e. The molecule has 1 rings (SSSR count). The first kappa shape index (κ1) is 15.7. The Morgan fingerprint density at radius 2 is 2.11 bits per heavy atom. The number of hydrogen-bond donors (Lipinski definition) is 1. The lowest BCUT2D eigenvalue weighted by Gasteiger charge is -2.21. The minimum Gasteiger partial charge on any atom is -0.351 e. The second-order valence-electron chi connectivity index (χ2n) is 4.83. The van der Waals surface area contributed by atoms with Crippen LogP contribution in [0.25, 0.3) is 0 Å². The fourth-order valence-corrected chi connectivity index (χ4v) is 2.01. The van der Waals surface area contributed by atoms with E-state index in [1.54, 1.807) is 23.9 Å². The highest BCUT2D eigenvalue weighted by Crippen LogP contribution is 2.23. The van der Waals surface area contributed by atoms with Crippen LogP contribution in [0, 0.1) is 5.41 Å². The molecule has 5 heteroatoms. The summed E-state index contributed by atoms with van der Waals surface area (Å²) in [5.41, 5.74) is 0.384. The van der Waals surface area contributed by atoms with Crippen LogP contribution in [0.5, 0.6) is 0 Å². The van der Waals surface area contributed by atoms with E-state index in [1.807, 2.05) is 26.2 Å². The molecule has 0 heterocycles. The lowest BCUT2D eigenvalue weighted by Crippen LogP contribution is -2.35. The van der Waals surface area contributed by atoms with E-state index in [9.17, 15) is 4.79 Å². The van der Waals surface area contributed by atoms with Gasteiger partial charge in [-0.3, -0.25) is 4.79 Å². The fourth-order valence-electron chi connectivity index (χ4n) is 1.27. The summed E-state index contributed by atoms with van der Waals surface area (Å²) in [6.45, 7) is 4.52. The minimum atomic E-state index is -0.158. The van der Waals surface area contributed by atoms with Crippen molar-refractivity contribution >= 4 is 40.9 Å². The van der Waals surface area contributed by atoms with Crippen molar-refractivity contribution in [2.24, 2.45) is 5.41 Å². The number of carbonyl (C=O) groups is 1. The Bertz CT molecular complexity index is 435. The number of alkyl halides is 1. The van der Waals surface area contributed by atoms with Gasteiger partial charge in [0.1, 0.15) is 0 Å². The molecular formula is C13H17Cl2NOS. The largest absolute Gasteiger partial charge is 0.351 e. The minimum absolute atomic E-state index is 0.124. The molecule has 0 saturated carbocycles. The van der Waals surface area contributed by atoms with Gasteiger partial charge >= 0.3 is 0 Å². The summed E-state index contributed by atoms with van der Waals surface area (Å²) < 4.78 is 0. The van der Waals surface area contributed by atoms with E-state index in [-0.39, 0.29) is 11.3 Å². The molecule has 0 radical (unpaired) electrons. The normalized spacial score (nSPS) is 11.4. The Balaban J connectivity index is 2.78. The fraction of sp³-hybridized carbons (Fsp3) is 0.462. The quantitative estimate of drug-likeness (QED) is 0.656. The van der Waals surface area contributed by atoms with Crippen LogP contribution in [0.4, 0.5) is 0 Å². The number of nitrogens with one attached hydrogen (secondary N) is 1. The van der Waals surface area contributed by atoms with Crippen LogP contribution in [0.3, 0.4) is 0 Å². The Labute approximate surface area is 122 Å². The maximum atomic E-state index is 12.0. The van der Waals surface area contributed by atoms with E-state index in [0.29, 0.717) is 23.0 Å². The number of benzene rings is 1. The van der Waals surface area contributed by atoms with E-state index in [4.69, 9.17) is 23.2 Å². The van der Waals surface area contributed by atoms with Gasteiger partial charge in [-0.2, -0.15) is 0 Å². The van der Waals surface area contributed by atoms with E-state index in [1.165, 1.54) is 0 Å². The zero-order valence-electron chi connectivity index (χ0n) is 10.7. The monoisotopic (exact) mass is 305 g/mol. The molecule has 0 aliphatic carbocycles. The van der Waals surface area contributed by atoms with Crippen molar-refractivity contribution in [2.75, 3.05) is 18.7 Å². The number of carbonyl (C=O) groups excluding carboxylic acids is 1. The standard InChI is InChI=1S/C13H17Cl2NOS/c1-13(2,7-14)8-16-12(17)10-6-9(18-3)4-5-11(10)15/h4-6H,7-8H2,1-3H3,(H,16,17). The molecule has 0 atom stereocenters. The highest BCUT2D eigenvalue weighted by molar-refractivity contribution is 7.98. The van der Waals surface area contributed by atoms with Gasteiger partial charge in [0.15, 0.2) is 0 Å². The average Bonchev–Trinajstić information content (AvgIpc) is 2.36. The second-order valence-corrected chi connectivity index (χ2v) is 6.38. The molecule has 2 nitrogen and oxygen atoms in total. The molecule has 0 spiro atoms. The van der Waals surface area contributed by atoms with Gasteiger partial charge in [0, 0.05) is 17.3 Å². The van der Waals surface area contributed by atoms with E-state index in [2.05, 4.69) is 5.32 Å². The van der Waals surface area contributed by atoms with Crippen molar-refractivity contribution in [1.82, 2.24) is 5.32 Å². The summed E-state index contributed by atoms with van der Waals surface area (Å²) in [5, 5.41) is 3.33. The van der Waals surface area contributed by atoms with Gasteiger partial charge in [-0.1, -0.05) is 25.4 Å². The number of amides is 1. The number of rotatable bonds is 5. The van der Waals surface area contributed by atoms with Gasteiger partial charge in [0.05, 0.1) is 10.6 Å². The van der Waals surface area contributed by atoms with Crippen LogP contribution >= 0.6 is 35.0 Å². The summed E-state index contributed by atoms with van der Waals surface area (Å²) in [6.07, 6.45) is 1.96. The molecule has 0 fully saturated rings. The van der Waals surface area contributed by atoms with Crippen molar-refractivity contribution in [2.45, 2.75) is 18.7 Å². The van der Waals surface area contributed by atoms with Gasteiger partial charge in [-0.05, 0) is 29.9 Å². The van der Waals surface area contributed by atoms with Crippen LogP contribution in [0.2, 0.25) is 5.02 Å². The summed E-state index contributed by atoms with van der Waals surface area (Å²) in [7, 11) is 0. The maximum absolute atomic E-state index is 12.0. The Morgan fingerprint density at radius 3 is 2.67 bits per heavy atom. The van der Waals surface area contributed by atoms with Gasteiger partial charge in [0.25, 0.3) is 5.91 Å². The third-order valence-electron chi connectivity index (χ3n) is 2.51. The van der Waals surface area contributed by atoms with Crippen LogP contribution < -0.4 is 5.32 Å². The Hall–Kier alpha value is -0.380. The van der Waals surface area contributed by atoms with Gasteiger partial charge < -0.3 is 5.32 Å². The number of halogens is 2. The number of hydrogen-bond acceptors (Lipinski definition) is 2. The van der Waals surface area contributed by atoms with Crippen LogP contribution in [-0.4, -0.2) is 24.6 Å². The van der Waals surface area contributed by atoms with E-state index in [0.717, 1.165) is 4.90 Å². The van der Waals surface area contributed by atoms with Crippen molar-refractivity contribution < 1.29 is 4.79 Å². The topological polar surface area (TPSA) is 29.1 Å². The van der Waals surface area contributed by atoms with Crippen molar-refractivity contribution in [3.63, 3.8) is 0 Å². The van der Waals surface area contributed by atoms with E-state index < -0.39 is 0 Å². The molecule has 100 valence electrons. The Kier molecular flexibility index (Phi) is 5.83. The molecule has 1 N–H and O–H groups in total. The predicted octanol–water partition coefficient (Wildman–Crippen LogP) is 4.06. The van der Waals surface area contributed by atoms with E-state index >= 15 is 0 Å². The van der Waals surface area contributed by atoms with Crippen LogP contribution in [0.15, 0.2) is 23.1 Å². The molecule has 0 unspecified atom stereocenters. The lowest BCUT2D eigenvalue weighted by molar-refractivity contribution is 0.0940. The summed E-state index contributed by atoms with van der Waals surface area (Å²) in [4.78, 5) is 13.1. The molecule has 1 amide bonds. The second kappa shape index (κ2) is 6.69. The lowest BCUT2D eigenvalue weighted by atomic mass is 9.96. The van der Waals surface area contributed by atoms with Gasteiger partial charge in [-0.15, -0.1) is 23.4 Å². The van der Waals surface area contributed by atoms with Crippen LogP contribution in [0.1, 0.15) is 24.2 Å². The summed E-state index contributed by atoms with van der Waals surface area (Å²) in [6, 6.07) is 5.44. The molecule has 18 heavy (non-hydrogen) atoms. The molecule has 1 aromatic rings. The molecule has 0 bridgehead atoms. The number of thioether (sulfide) groups is 1. The van der Waals surface area contributed by atoms with Crippen molar-refractivity contribution in [1.29, 1.82) is 0 Å². The molecule has 0 saturated heterocycles. The molecule has 1 aromatic carbocycles. The Morgan fingerprint density at radius 1 is 1.44 bits per heavy atom. The third-order valence-corrected chi connectivity index (χ3v) is 4.29. The highest BCUT2D eigenvalue weighted by Gasteiger charge is 2.19. The average molecular weight is 306 g/mol. The van der Waals surface area contributed by atoms with Crippen molar-refractivity contribution in [3.8, 4) is 0 Å². The summed E-state index contributed by atoms with van der Waals surface area (Å²) in [5.74, 6) is 0.334. The molecule has 0 aliphatic rings. The first-order valence-electron chi connectivity index (χ1n) is 5.57. The first-order valence-corrected chi connectivity index (χ1v) is 7.71. The van der Waals surface area contributed by atoms with Gasteiger partial charge in [0.2, 0.25) is 0 Å². The highest BCUT2D eigenvalue weighted by atomic mass is 35.5. The van der Waals surface area contributed by atoms with Crippen molar-refractivity contribution in [3.05, 3.63) is 28.8 Å². The SMILES string of the molecule is CSc1ccc(Cl)c(C(=O)NCC(C)(C)CCl)c1. The smallest absolute Gasteiger partial charge is 0.252 e. The molecule has 0 aromatic heterocycles. The van der Waals surface area contributed by atoms with Crippen LogP contribution in [-0.2, 0) is 0 Å². The molecular weight excluding hydrogens is 289 g/mol.